The van der Waals surface area contributed by atoms with Crippen LogP contribution < -0.4 is 10.5 Å². The summed E-state index contributed by atoms with van der Waals surface area (Å²) in [6, 6.07) is 4.70. The highest BCUT2D eigenvalue weighted by Gasteiger charge is 2.31. The maximum absolute atomic E-state index is 12.0. The van der Waals surface area contributed by atoms with E-state index in [-0.39, 0.29) is 17.2 Å². The second-order valence-corrected chi connectivity index (χ2v) is 4.54. The molecule has 0 aliphatic carbocycles. The second-order valence-electron chi connectivity index (χ2n) is 4.02. The summed E-state index contributed by atoms with van der Waals surface area (Å²) in [6.07, 6.45) is -4.37. The fraction of sp³-hybridized carbons (Fsp3) is 0.333. The summed E-state index contributed by atoms with van der Waals surface area (Å²) < 4.78 is 39.7. The van der Waals surface area contributed by atoms with Crippen LogP contribution in [-0.2, 0) is 0 Å². The van der Waals surface area contributed by atoms with Gasteiger partial charge in [-0.15, -0.1) is 13.2 Å². The first kappa shape index (κ1) is 16.2. The molecule has 1 amide bonds. The number of ether oxygens (including phenoxy) is 1. The molecule has 4 nitrogen and oxygen atoms in total. The van der Waals surface area contributed by atoms with E-state index in [1.807, 2.05) is 0 Å². The molecule has 1 rings (SSSR count). The van der Waals surface area contributed by atoms with Crippen molar-refractivity contribution in [3.05, 3.63) is 29.8 Å². The van der Waals surface area contributed by atoms with Crippen molar-refractivity contribution in [1.29, 1.82) is 0 Å². The van der Waals surface area contributed by atoms with Gasteiger partial charge >= 0.3 is 6.36 Å². The molecule has 0 fully saturated rings. The third-order valence-corrected chi connectivity index (χ3v) is 2.58. The van der Waals surface area contributed by atoms with Crippen molar-refractivity contribution < 1.29 is 22.7 Å². The van der Waals surface area contributed by atoms with Gasteiger partial charge in [0.2, 0.25) is 0 Å². The number of rotatable bonds is 5. The molecular formula is C12H13F3N2O2S. The van der Waals surface area contributed by atoms with Gasteiger partial charge in [-0.05, 0) is 24.3 Å². The number of alkyl halides is 3. The molecule has 0 aliphatic rings. The van der Waals surface area contributed by atoms with E-state index in [4.69, 9.17) is 18.0 Å². The number of hydrogen-bond acceptors (Lipinski definition) is 3. The number of carbonyl (C=O) groups excluding carboxylic acids is 1. The zero-order valence-electron chi connectivity index (χ0n) is 10.6. The van der Waals surface area contributed by atoms with E-state index in [0.29, 0.717) is 18.0 Å². The number of nitrogens with zero attached hydrogens (tertiary/aromatic N) is 1. The Morgan fingerprint density at radius 1 is 1.35 bits per heavy atom. The topological polar surface area (TPSA) is 55.6 Å². The Morgan fingerprint density at radius 2 is 1.90 bits per heavy atom. The average molecular weight is 306 g/mol. The first-order valence-corrected chi connectivity index (χ1v) is 5.99. The van der Waals surface area contributed by atoms with Gasteiger partial charge in [0.1, 0.15) is 5.75 Å². The lowest BCUT2D eigenvalue weighted by Gasteiger charge is -2.17. The smallest absolute Gasteiger partial charge is 0.406 e. The lowest BCUT2D eigenvalue weighted by Crippen LogP contribution is -2.30. The first-order valence-electron chi connectivity index (χ1n) is 5.58. The molecule has 20 heavy (non-hydrogen) atoms. The number of nitrogens with two attached hydrogens (primary N) is 1. The van der Waals surface area contributed by atoms with E-state index in [1.165, 1.54) is 17.0 Å². The molecule has 0 unspecified atom stereocenters. The maximum atomic E-state index is 12.0. The van der Waals surface area contributed by atoms with Crippen LogP contribution in [0.3, 0.4) is 0 Å². The Bertz CT molecular complexity index is 488. The van der Waals surface area contributed by atoms with Crippen LogP contribution in [0.1, 0.15) is 16.8 Å². The molecule has 0 atom stereocenters. The molecule has 0 spiro atoms. The minimum atomic E-state index is -4.75. The first-order chi connectivity index (χ1) is 9.19. The van der Waals surface area contributed by atoms with Gasteiger partial charge < -0.3 is 15.4 Å². The predicted octanol–water partition coefficient (Wildman–Crippen LogP) is 2.33. The van der Waals surface area contributed by atoms with Gasteiger partial charge in [-0.25, -0.2) is 0 Å². The summed E-state index contributed by atoms with van der Waals surface area (Å²) in [4.78, 5) is 13.6. The SMILES string of the molecule is CN(CCC(N)=S)C(=O)c1ccc(OC(F)(F)F)cc1. The van der Waals surface area contributed by atoms with Crippen LogP contribution in [0.25, 0.3) is 0 Å². The third kappa shape index (κ3) is 5.43. The lowest BCUT2D eigenvalue weighted by molar-refractivity contribution is -0.274. The number of hydrogen-bond donors (Lipinski definition) is 1. The van der Waals surface area contributed by atoms with Gasteiger partial charge in [0, 0.05) is 25.6 Å². The Morgan fingerprint density at radius 3 is 2.35 bits per heavy atom. The van der Waals surface area contributed by atoms with Crippen LogP contribution >= 0.6 is 12.2 Å². The Labute approximate surface area is 119 Å². The molecule has 1 aromatic carbocycles. The Kier molecular flexibility index (Phi) is 5.32. The van der Waals surface area contributed by atoms with Crippen molar-refractivity contribution in [1.82, 2.24) is 4.90 Å². The molecule has 0 aromatic heterocycles. The van der Waals surface area contributed by atoms with Crippen LogP contribution in [0.4, 0.5) is 13.2 Å². The second kappa shape index (κ2) is 6.56. The summed E-state index contributed by atoms with van der Waals surface area (Å²) in [7, 11) is 1.56. The number of benzene rings is 1. The van der Waals surface area contributed by atoms with E-state index < -0.39 is 6.36 Å². The highest BCUT2D eigenvalue weighted by molar-refractivity contribution is 7.80. The standard InChI is InChI=1S/C12H13F3N2O2S/c1-17(7-6-10(16)20)11(18)8-2-4-9(5-3-8)19-12(13,14)15/h2-5H,6-7H2,1H3,(H2,16,20). The van der Waals surface area contributed by atoms with Crippen molar-refractivity contribution >= 4 is 23.1 Å². The van der Waals surface area contributed by atoms with Gasteiger partial charge in [-0.1, -0.05) is 12.2 Å². The average Bonchev–Trinajstić information content (AvgIpc) is 2.34. The monoisotopic (exact) mass is 306 g/mol. The summed E-state index contributed by atoms with van der Waals surface area (Å²) >= 11 is 4.70. The Hall–Kier alpha value is -1.83. The van der Waals surface area contributed by atoms with Crippen molar-refractivity contribution in [3.63, 3.8) is 0 Å². The fourth-order valence-corrected chi connectivity index (χ4v) is 1.49. The Balaban J connectivity index is 2.68. The minimum absolute atomic E-state index is 0.255. The van der Waals surface area contributed by atoms with E-state index in [2.05, 4.69) is 4.74 Å². The predicted molar refractivity (Wildman–Crippen MR) is 71.5 cm³/mol. The van der Waals surface area contributed by atoms with Crippen LogP contribution in [0.2, 0.25) is 0 Å². The van der Waals surface area contributed by atoms with Crippen LogP contribution in [0.5, 0.6) is 5.75 Å². The van der Waals surface area contributed by atoms with Gasteiger partial charge in [-0.2, -0.15) is 0 Å². The number of thiocarbonyl (C=S) groups is 1. The molecular weight excluding hydrogens is 293 g/mol. The van der Waals surface area contributed by atoms with E-state index in [9.17, 15) is 18.0 Å². The number of halogens is 3. The minimum Gasteiger partial charge on any atom is -0.406 e. The molecule has 8 heteroatoms. The molecule has 110 valence electrons. The van der Waals surface area contributed by atoms with Crippen LogP contribution in [0, 0.1) is 0 Å². The van der Waals surface area contributed by atoms with Gasteiger partial charge in [0.15, 0.2) is 0 Å². The summed E-state index contributed by atoms with van der Waals surface area (Å²) in [5.41, 5.74) is 5.58. The number of carbonyl (C=O) groups is 1. The van der Waals surface area contributed by atoms with Gasteiger partial charge in [0.05, 0.1) is 4.99 Å². The van der Waals surface area contributed by atoms with Crippen molar-refractivity contribution in [2.45, 2.75) is 12.8 Å². The molecule has 0 heterocycles. The van der Waals surface area contributed by atoms with E-state index in [0.717, 1.165) is 12.1 Å². The summed E-state index contributed by atoms with van der Waals surface area (Å²) in [6.45, 7) is 0.342. The van der Waals surface area contributed by atoms with Gasteiger partial charge in [-0.3, -0.25) is 4.79 Å². The van der Waals surface area contributed by atoms with Gasteiger partial charge in [0.25, 0.3) is 5.91 Å². The van der Waals surface area contributed by atoms with E-state index >= 15 is 0 Å². The van der Waals surface area contributed by atoms with Crippen LogP contribution in [0.15, 0.2) is 24.3 Å². The highest BCUT2D eigenvalue weighted by Crippen LogP contribution is 2.22. The summed E-state index contributed by atoms with van der Waals surface area (Å²) in [5, 5.41) is 0. The van der Waals surface area contributed by atoms with Crippen molar-refractivity contribution in [3.8, 4) is 5.75 Å². The number of amides is 1. The lowest BCUT2D eigenvalue weighted by atomic mass is 10.2. The van der Waals surface area contributed by atoms with Crippen molar-refractivity contribution in [2.24, 2.45) is 5.73 Å². The highest BCUT2D eigenvalue weighted by atomic mass is 32.1. The maximum Gasteiger partial charge on any atom is 0.573 e. The molecule has 0 bridgehead atoms. The van der Waals surface area contributed by atoms with Crippen molar-refractivity contribution in [2.75, 3.05) is 13.6 Å². The molecule has 0 radical (unpaired) electrons. The van der Waals surface area contributed by atoms with Crippen LogP contribution in [-0.4, -0.2) is 35.8 Å². The third-order valence-electron chi connectivity index (χ3n) is 2.38. The quantitative estimate of drug-likeness (QED) is 0.848. The molecule has 1 aromatic rings. The fourth-order valence-electron chi connectivity index (χ4n) is 1.40. The normalized spacial score (nSPS) is 11.0. The molecule has 2 N–H and O–H groups in total. The molecule has 0 saturated carbocycles. The summed E-state index contributed by atoms with van der Waals surface area (Å²) in [5.74, 6) is -0.709. The zero-order valence-corrected chi connectivity index (χ0v) is 11.4. The molecule has 0 aliphatic heterocycles. The zero-order chi connectivity index (χ0) is 15.3. The largest absolute Gasteiger partial charge is 0.573 e. The van der Waals surface area contributed by atoms with E-state index in [1.54, 1.807) is 7.05 Å². The molecule has 0 saturated heterocycles.